The molecule has 0 spiro atoms. The van der Waals surface area contributed by atoms with E-state index in [0.717, 1.165) is 5.92 Å². The molecule has 1 aliphatic rings. The van der Waals surface area contributed by atoms with E-state index in [1.165, 1.54) is 19.4 Å². The van der Waals surface area contributed by atoms with Crippen molar-refractivity contribution in [1.82, 2.24) is 5.32 Å². The smallest absolute Gasteiger partial charge is 0.00719 e. The molecule has 11 heavy (non-hydrogen) atoms. The van der Waals surface area contributed by atoms with Crippen LogP contribution in [0.15, 0.2) is 0 Å². The fourth-order valence-electron chi connectivity index (χ4n) is 2.23. The Kier molecular flexibility index (Phi) is 2.58. The summed E-state index contributed by atoms with van der Waals surface area (Å²) in [6.45, 7) is 10.6. The minimum atomic E-state index is 0.479. The van der Waals surface area contributed by atoms with E-state index in [2.05, 4.69) is 33.0 Å². The highest BCUT2D eigenvalue weighted by Crippen LogP contribution is 2.33. The molecule has 1 saturated heterocycles. The zero-order chi connectivity index (χ0) is 8.48. The van der Waals surface area contributed by atoms with Crippen LogP contribution >= 0.6 is 0 Å². The van der Waals surface area contributed by atoms with E-state index in [1.807, 2.05) is 0 Å². The van der Waals surface area contributed by atoms with Crippen LogP contribution in [0.2, 0.25) is 0 Å². The second kappa shape index (κ2) is 3.14. The Morgan fingerprint density at radius 3 is 2.27 bits per heavy atom. The number of rotatable bonds is 0. The largest absolute Gasteiger partial charge is 0.314 e. The van der Waals surface area contributed by atoms with E-state index in [1.54, 1.807) is 0 Å². The van der Waals surface area contributed by atoms with Gasteiger partial charge in [0.1, 0.15) is 0 Å². The molecule has 0 aromatic heterocycles. The molecule has 0 amide bonds. The summed E-state index contributed by atoms with van der Waals surface area (Å²) in [7, 11) is 0. The maximum atomic E-state index is 3.54. The van der Waals surface area contributed by atoms with E-state index >= 15 is 0 Å². The first-order valence-corrected chi connectivity index (χ1v) is 4.75. The highest BCUT2D eigenvalue weighted by atomic mass is 14.9. The number of hydrogen-bond donors (Lipinski definition) is 1. The SMILES string of the molecule is C[C@H]1NCCC[C@H]1C(C)(C)C. The van der Waals surface area contributed by atoms with Crippen molar-refractivity contribution in [3.8, 4) is 0 Å². The van der Waals surface area contributed by atoms with Crippen LogP contribution in [0, 0.1) is 11.3 Å². The zero-order valence-electron chi connectivity index (χ0n) is 8.28. The Hall–Kier alpha value is -0.0400. The third kappa shape index (κ3) is 2.19. The Balaban J connectivity index is 2.55. The summed E-state index contributed by atoms with van der Waals surface area (Å²) in [4.78, 5) is 0. The van der Waals surface area contributed by atoms with Crippen LogP contribution < -0.4 is 5.32 Å². The van der Waals surface area contributed by atoms with Crippen molar-refractivity contribution < 1.29 is 0 Å². The van der Waals surface area contributed by atoms with Gasteiger partial charge >= 0.3 is 0 Å². The summed E-state index contributed by atoms with van der Waals surface area (Å²) >= 11 is 0. The van der Waals surface area contributed by atoms with Crippen molar-refractivity contribution in [3.05, 3.63) is 0 Å². The van der Waals surface area contributed by atoms with E-state index in [0.29, 0.717) is 11.5 Å². The van der Waals surface area contributed by atoms with E-state index in [9.17, 15) is 0 Å². The molecule has 1 heterocycles. The van der Waals surface area contributed by atoms with Crippen molar-refractivity contribution in [3.63, 3.8) is 0 Å². The summed E-state index contributed by atoms with van der Waals surface area (Å²) < 4.78 is 0. The standard InChI is InChI=1S/C10H21N/c1-8-9(10(2,3)4)6-5-7-11-8/h8-9,11H,5-7H2,1-4H3/t8-,9-/m1/s1. The van der Waals surface area contributed by atoms with Gasteiger partial charge in [0.2, 0.25) is 0 Å². The Bertz CT molecular complexity index is 123. The fourth-order valence-corrected chi connectivity index (χ4v) is 2.23. The van der Waals surface area contributed by atoms with Crippen LogP contribution in [0.4, 0.5) is 0 Å². The molecule has 1 aliphatic heterocycles. The summed E-state index contributed by atoms with van der Waals surface area (Å²) in [5.41, 5.74) is 0.479. The molecule has 66 valence electrons. The summed E-state index contributed by atoms with van der Waals surface area (Å²) in [6.07, 6.45) is 2.75. The molecule has 1 N–H and O–H groups in total. The minimum Gasteiger partial charge on any atom is -0.314 e. The Morgan fingerprint density at radius 1 is 1.27 bits per heavy atom. The maximum absolute atomic E-state index is 3.54. The minimum absolute atomic E-state index is 0.479. The fraction of sp³-hybridized carbons (Fsp3) is 1.00. The molecule has 0 radical (unpaired) electrons. The molecular weight excluding hydrogens is 134 g/mol. The van der Waals surface area contributed by atoms with Gasteiger partial charge in [-0.25, -0.2) is 0 Å². The van der Waals surface area contributed by atoms with Crippen molar-refractivity contribution in [2.75, 3.05) is 6.54 Å². The zero-order valence-corrected chi connectivity index (χ0v) is 8.28. The van der Waals surface area contributed by atoms with Gasteiger partial charge in [-0.05, 0) is 37.6 Å². The molecule has 2 atom stereocenters. The lowest BCUT2D eigenvalue weighted by Crippen LogP contribution is -2.44. The van der Waals surface area contributed by atoms with Crippen molar-refractivity contribution in [2.45, 2.75) is 46.6 Å². The molecule has 1 heteroatoms. The predicted octanol–water partition coefficient (Wildman–Crippen LogP) is 2.42. The predicted molar refractivity (Wildman–Crippen MR) is 49.6 cm³/mol. The Morgan fingerprint density at radius 2 is 1.91 bits per heavy atom. The topological polar surface area (TPSA) is 12.0 Å². The van der Waals surface area contributed by atoms with Crippen molar-refractivity contribution >= 4 is 0 Å². The van der Waals surface area contributed by atoms with Gasteiger partial charge in [0.15, 0.2) is 0 Å². The lowest BCUT2D eigenvalue weighted by Gasteiger charge is -2.39. The first-order valence-electron chi connectivity index (χ1n) is 4.75. The van der Waals surface area contributed by atoms with Crippen LogP contribution in [0.3, 0.4) is 0 Å². The third-order valence-corrected chi connectivity index (χ3v) is 2.87. The van der Waals surface area contributed by atoms with Crippen molar-refractivity contribution in [2.24, 2.45) is 11.3 Å². The molecular formula is C10H21N. The van der Waals surface area contributed by atoms with Gasteiger partial charge in [-0.3, -0.25) is 0 Å². The summed E-state index contributed by atoms with van der Waals surface area (Å²) in [5.74, 6) is 0.858. The van der Waals surface area contributed by atoms with E-state index in [4.69, 9.17) is 0 Å². The van der Waals surface area contributed by atoms with Gasteiger partial charge in [-0.15, -0.1) is 0 Å². The van der Waals surface area contributed by atoms with Crippen LogP contribution in [-0.2, 0) is 0 Å². The molecule has 0 aromatic rings. The molecule has 1 fully saturated rings. The van der Waals surface area contributed by atoms with Gasteiger partial charge in [0.25, 0.3) is 0 Å². The quantitative estimate of drug-likeness (QED) is 0.566. The van der Waals surface area contributed by atoms with Gasteiger partial charge in [0, 0.05) is 6.04 Å². The van der Waals surface area contributed by atoms with Gasteiger partial charge in [-0.2, -0.15) is 0 Å². The molecule has 0 unspecified atom stereocenters. The molecule has 1 nitrogen and oxygen atoms in total. The van der Waals surface area contributed by atoms with Gasteiger partial charge in [-0.1, -0.05) is 20.8 Å². The summed E-state index contributed by atoms with van der Waals surface area (Å²) in [5, 5.41) is 3.54. The molecule has 0 aliphatic carbocycles. The number of hydrogen-bond acceptors (Lipinski definition) is 1. The van der Waals surface area contributed by atoms with Crippen LogP contribution in [-0.4, -0.2) is 12.6 Å². The molecule has 1 rings (SSSR count). The van der Waals surface area contributed by atoms with Gasteiger partial charge in [0.05, 0.1) is 0 Å². The van der Waals surface area contributed by atoms with E-state index < -0.39 is 0 Å². The van der Waals surface area contributed by atoms with Crippen LogP contribution in [0.25, 0.3) is 0 Å². The maximum Gasteiger partial charge on any atom is 0.00719 e. The van der Waals surface area contributed by atoms with Crippen molar-refractivity contribution in [1.29, 1.82) is 0 Å². The monoisotopic (exact) mass is 155 g/mol. The second-order valence-corrected chi connectivity index (χ2v) is 4.86. The van der Waals surface area contributed by atoms with Gasteiger partial charge < -0.3 is 5.32 Å². The molecule has 0 bridgehead atoms. The highest BCUT2D eigenvalue weighted by Gasteiger charge is 2.30. The Labute approximate surface area is 70.6 Å². The second-order valence-electron chi connectivity index (χ2n) is 4.86. The first-order chi connectivity index (χ1) is 5.02. The molecule has 0 saturated carbocycles. The molecule has 0 aromatic carbocycles. The normalized spacial score (nSPS) is 33.8. The highest BCUT2D eigenvalue weighted by molar-refractivity contribution is 4.85. The first kappa shape index (κ1) is 9.05. The average Bonchev–Trinajstić information content (AvgIpc) is 1.86. The number of piperidine rings is 1. The van der Waals surface area contributed by atoms with Crippen LogP contribution in [0.1, 0.15) is 40.5 Å². The lowest BCUT2D eigenvalue weighted by molar-refractivity contribution is 0.148. The average molecular weight is 155 g/mol. The van der Waals surface area contributed by atoms with Crippen LogP contribution in [0.5, 0.6) is 0 Å². The van der Waals surface area contributed by atoms with E-state index in [-0.39, 0.29) is 0 Å². The lowest BCUT2D eigenvalue weighted by atomic mass is 9.73. The third-order valence-electron chi connectivity index (χ3n) is 2.87. The summed E-state index contributed by atoms with van der Waals surface area (Å²) in [6, 6.07) is 0.712. The number of nitrogens with one attached hydrogen (secondary N) is 1.